The number of carbonyl (C=O) groups is 1. The average molecular weight is 215 g/mol. The van der Waals surface area contributed by atoms with Gasteiger partial charge in [0.1, 0.15) is 0 Å². The number of hydrogen-bond donors (Lipinski definition) is 1. The van der Waals surface area contributed by atoms with Crippen LogP contribution >= 0.6 is 0 Å². The van der Waals surface area contributed by atoms with E-state index < -0.39 is 0 Å². The number of ether oxygens (including phenoxy) is 1. The minimum absolute atomic E-state index is 0.139. The van der Waals surface area contributed by atoms with Crippen molar-refractivity contribution in [3.05, 3.63) is 0 Å². The van der Waals surface area contributed by atoms with E-state index in [0.717, 1.165) is 19.4 Å². The van der Waals surface area contributed by atoms with Crippen LogP contribution < -0.4 is 5.32 Å². The second kappa shape index (κ2) is 8.72. The molecule has 0 spiro atoms. The van der Waals surface area contributed by atoms with E-state index in [4.69, 9.17) is 4.74 Å². The van der Waals surface area contributed by atoms with E-state index in [9.17, 15) is 4.79 Å². The third kappa shape index (κ3) is 11.4. The molecule has 15 heavy (non-hydrogen) atoms. The van der Waals surface area contributed by atoms with Crippen molar-refractivity contribution in [2.24, 2.45) is 11.8 Å². The fourth-order valence-corrected chi connectivity index (χ4v) is 1.19. The van der Waals surface area contributed by atoms with Crippen molar-refractivity contribution in [3.8, 4) is 0 Å². The van der Waals surface area contributed by atoms with E-state index in [2.05, 4.69) is 33.0 Å². The summed E-state index contributed by atoms with van der Waals surface area (Å²) in [5.41, 5.74) is 0. The molecule has 0 rings (SSSR count). The van der Waals surface area contributed by atoms with Gasteiger partial charge in [0.15, 0.2) is 0 Å². The van der Waals surface area contributed by atoms with Gasteiger partial charge in [-0.25, -0.2) is 0 Å². The van der Waals surface area contributed by atoms with E-state index in [1.807, 2.05) is 0 Å². The fraction of sp³-hybridized carbons (Fsp3) is 0.917. The van der Waals surface area contributed by atoms with E-state index in [1.165, 1.54) is 0 Å². The van der Waals surface area contributed by atoms with E-state index in [0.29, 0.717) is 25.0 Å². The first-order valence-corrected chi connectivity index (χ1v) is 5.88. The topological polar surface area (TPSA) is 38.3 Å². The summed E-state index contributed by atoms with van der Waals surface area (Å²) in [5, 5.41) is 3.06. The Morgan fingerprint density at radius 1 is 1.20 bits per heavy atom. The first kappa shape index (κ1) is 14.4. The normalized spacial score (nSPS) is 11.1. The van der Waals surface area contributed by atoms with Crippen LogP contribution in [0.1, 0.15) is 40.5 Å². The number of esters is 1. The predicted molar refractivity (Wildman–Crippen MR) is 62.7 cm³/mol. The number of rotatable bonds is 8. The molecule has 90 valence electrons. The molecule has 0 saturated carbocycles. The van der Waals surface area contributed by atoms with Crippen LogP contribution in [0, 0.1) is 11.8 Å². The monoisotopic (exact) mass is 215 g/mol. The van der Waals surface area contributed by atoms with Crippen LogP contribution in [0.3, 0.4) is 0 Å². The lowest BCUT2D eigenvalue weighted by Gasteiger charge is -2.08. The molecule has 1 N–H and O–H groups in total. The molecule has 0 heterocycles. The lowest BCUT2D eigenvalue weighted by atomic mass is 10.1. The van der Waals surface area contributed by atoms with Gasteiger partial charge >= 0.3 is 5.97 Å². The SMILES string of the molecule is CC(C)CCCOC(=O)CNCC(C)C. The van der Waals surface area contributed by atoms with E-state index in [-0.39, 0.29) is 5.97 Å². The Morgan fingerprint density at radius 2 is 1.87 bits per heavy atom. The second-order valence-corrected chi connectivity index (χ2v) is 4.78. The molecule has 0 aliphatic rings. The molecule has 0 aliphatic heterocycles. The molecule has 0 aromatic carbocycles. The Hall–Kier alpha value is -0.570. The minimum atomic E-state index is -0.139. The molecule has 0 amide bonds. The molecular weight excluding hydrogens is 190 g/mol. The van der Waals surface area contributed by atoms with Gasteiger partial charge in [0.05, 0.1) is 13.2 Å². The summed E-state index contributed by atoms with van der Waals surface area (Å²) in [6, 6.07) is 0. The summed E-state index contributed by atoms with van der Waals surface area (Å²) in [6.45, 7) is 10.3. The fourth-order valence-electron chi connectivity index (χ4n) is 1.19. The summed E-state index contributed by atoms with van der Waals surface area (Å²) in [5.74, 6) is 1.11. The molecule has 0 aromatic rings. The van der Waals surface area contributed by atoms with Crippen LogP contribution in [0.25, 0.3) is 0 Å². The lowest BCUT2D eigenvalue weighted by molar-refractivity contribution is -0.142. The quantitative estimate of drug-likeness (QED) is 0.498. The zero-order valence-electron chi connectivity index (χ0n) is 10.5. The van der Waals surface area contributed by atoms with Gasteiger partial charge in [0.25, 0.3) is 0 Å². The molecule has 0 bridgehead atoms. The van der Waals surface area contributed by atoms with Gasteiger partial charge in [-0.05, 0) is 31.2 Å². The average Bonchev–Trinajstić information content (AvgIpc) is 2.11. The van der Waals surface area contributed by atoms with Gasteiger partial charge in [0, 0.05) is 0 Å². The number of nitrogens with one attached hydrogen (secondary N) is 1. The second-order valence-electron chi connectivity index (χ2n) is 4.78. The largest absolute Gasteiger partial charge is 0.465 e. The zero-order valence-corrected chi connectivity index (χ0v) is 10.5. The molecule has 0 unspecified atom stereocenters. The Bertz CT molecular complexity index is 167. The lowest BCUT2D eigenvalue weighted by Crippen LogP contribution is -2.28. The summed E-state index contributed by atoms with van der Waals surface area (Å²) in [6.07, 6.45) is 2.08. The van der Waals surface area contributed by atoms with Gasteiger partial charge in [-0.1, -0.05) is 27.7 Å². The number of carbonyl (C=O) groups excluding carboxylic acids is 1. The van der Waals surface area contributed by atoms with Crippen LogP contribution in [0.4, 0.5) is 0 Å². The third-order valence-electron chi connectivity index (χ3n) is 2.01. The first-order chi connectivity index (χ1) is 7.02. The van der Waals surface area contributed by atoms with Crippen molar-refractivity contribution < 1.29 is 9.53 Å². The molecule has 0 aliphatic carbocycles. The third-order valence-corrected chi connectivity index (χ3v) is 2.01. The molecule has 0 radical (unpaired) electrons. The molecular formula is C12H25NO2. The summed E-state index contributed by atoms with van der Waals surface area (Å²) < 4.78 is 5.07. The molecule has 0 fully saturated rings. The van der Waals surface area contributed by atoms with Crippen molar-refractivity contribution in [1.82, 2.24) is 5.32 Å². The van der Waals surface area contributed by atoms with Gasteiger partial charge in [0.2, 0.25) is 0 Å². The zero-order chi connectivity index (χ0) is 11.7. The van der Waals surface area contributed by atoms with Crippen LogP contribution in [-0.4, -0.2) is 25.7 Å². The van der Waals surface area contributed by atoms with Gasteiger partial charge in [-0.15, -0.1) is 0 Å². The number of hydrogen-bond acceptors (Lipinski definition) is 3. The Morgan fingerprint density at radius 3 is 2.40 bits per heavy atom. The molecule has 3 nitrogen and oxygen atoms in total. The maximum Gasteiger partial charge on any atom is 0.319 e. The summed E-state index contributed by atoms with van der Waals surface area (Å²) in [7, 11) is 0. The minimum Gasteiger partial charge on any atom is -0.465 e. The van der Waals surface area contributed by atoms with Gasteiger partial charge < -0.3 is 10.1 Å². The van der Waals surface area contributed by atoms with Gasteiger partial charge in [-0.2, -0.15) is 0 Å². The molecule has 0 saturated heterocycles. The predicted octanol–water partition coefficient (Wildman–Crippen LogP) is 2.21. The highest BCUT2D eigenvalue weighted by Gasteiger charge is 2.02. The van der Waals surface area contributed by atoms with Crippen molar-refractivity contribution in [3.63, 3.8) is 0 Å². The Kier molecular flexibility index (Phi) is 8.38. The highest BCUT2D eigenvalue weighted by molar-refractivity contribution is 5.71. The summed E-state index contributed by atoms with van der Waals surface area (Å²) in [4.78, 5) is 11.2. The Labute approximate surface area is 93.6 Å². The highest BCUT2D eigenvalue weighted by atomic mass is 16.5. The summed E-state index contributed by atoms with van der Waals surface area (Å²) >= 11 is 0. The molecule has 3 heteroatoms. The van der Waals surface area contributed by atoms with Crippen LogP contribution in [0.5, 0.6) is 0 Å². The van der Waals surface area contributed by atoms with Crippen LogP contribution in [0.2, 0.25) is 0 Å². The molecule has 0 atom stereocenters. The van der Waals surface area contributed by atoms with Gasteiger partial charge in [-0.3, -0.25) is 4.79 Å². The smallest absolute Gasteiger partial charge is 0.319 e. The van der Waals surface area contributed by atoms with Crippen molar-refractivity contribution in [1.29, 1.82) is 0 Å². The highest BCUT2D eigenvalue weighted by Crippen LogP contribution is 2.02. The van der Waals surface area contributed by atoms with E-state index >= 15 is 0 Å². The Balaban J connectivity index is 3.26. The van der Waals surface area contributed by atoms with E-state index in [1.54, 1.807) is 0 Å². The van der Waals surface area contributed by atoms with Crippen LogP contribution in [-0.2, 0) is 9.53 Å². The standard InChI is InChI=1S/C12H25NO2/c1-10(2)6-5-7-15-12(14)9-13-8-11(3)4/h10-11,13H,5-9H2,1-4H3. The maximum absolute atomic E-state index is 11.2. The van der Waals surface area contributed by atoms with Crippen molar-refractivity contribution in [2.45, 2.75) is 40.5 Å². The first-order valence-electron chi connectivity index (χ1n) is 5.88. The molecule has 0 aromatic heterocycles. The van der Waals surface area contributed by atoms with Crippen molar-refractivity contribution >= 4 is 5.97 Å². The van der Waals surface area contributed by atoms with Crippen molar-refractivity contribution in [2.75, 3.05) is 19.7 Å². The maximum atomic E-state index is 11.2. The van der Waals surface area contributed by atoms with Crippen LogP contribution in [0.15, 0.2) is 0 Å².